The summed E-state index contributed by atoms with van der Waals surface area (Å²) >= 11 is 3.19. The van der Waals surface area contributed by atoms with Gasteiger partial charge in [0.05, 0.1) is 12.8 Å². The smallest absolute Gasteiger partial charge is 0.336 e. The second-order valence-electron chi connectivity index (χ2n) is 3.55. The van der Waals surface area contributed by atoms with Crippen LogP contribution in [0, 0.1) is 5.82 Å². The summed E-state index contributed by atoms with van der Waals surface area (Å²) in [5.41, 5.74) is -2.16. The Balaban J connectivity index is 2.87. The minimum Gasteiger partial charge on any atom is -0.495 e. The van der Waals surface area contributed by atoms with Crippen molar-refractivity contribution < 1.29 is 14.2 Å². The van der Waals surface area contributed by atoms with E-state index in [1.807, 2.05) is 0 Å². The van der Waals surface area contributed by atoms with E-state index in [0.717, 1.165) is 0 Å². The molecule has 0 unspecified atom stereocenters. The molecule has 0 bridgehead atoms. The van der Waals surface area contributed by atoms with Gasteiger partial charge in [-0.15, -0.1) is 0 Å². The van der Waals surface area contributed by atoms with Crippen LogP contribution >= 0.6 is 15.9 Å². The topological polar surface area (TPSA) is 84.3 Å². The summed E-state index contributed by atoms with van der Waals surface area (Å²) in [5.74, 6) is -2.29. The number of nitrogens with one attached hydrogen (secondary N) is 1. The Morgan fingerprint density at radius 2 is 2.11 bits per heavy atom. The number of aromatic hydroxyl groups is 1. The number of H-pyrrole nitrogens is 1. The van der Waals surface area contributed by atoms with Gasteiger partial charge in [0.25, 0.3) is 5.56 Å². The van der Waals surface area contributed by atoms with Gasteiger partial charge < -0.3 is 9.84 Å². The molecule has 0 radical (unpaired) electrons. The Hall–Kier alpha value is -2.09. The summed E-state index contributed by atoms with van der Waals surface area (Å²) in [5, 5.41) is 9.62. The van der Waals surface area contributed by atoms with E-state index >= 15 is 0 Å². The van der Waals surface area contributed by atoms with Crippen LogP contribution in [0.4, 0.5) is 4.39 Å². The highest BCUT2D eigenvalue weighted by atomic mass is 79.9. The third kappa shape index (κ3) is 2.26. The van der Waals surface area contributed by atoms with E-state index in [1.54, 1.807) is 11.1 Å². The maximum absolute atomic E-state index is 13.4. The Morgan fingerprint density at radius 1 is 1.42 bits per heavy atom. The van der Waals surface area contributed by atoms with Crippen molar-refractivity contribution in [3.05, 3.63) is 49.3 Å². The molecule has 6 nitrogen and oxygen atoms in total. The maximum atomic E-state index is 13.4. The molecule has 1 aromatic heterocycles. The van der Waals surface area contributed by atoms with Gasteiger partial charge in [-0.1, -0.05) is 15.9 Å². The minimum atomic E-state index is -1.44. The van der Waals surface area contributed by atoms with Crippen molar-refractivity contribution in [2.24, 2.45) is 0 Å². The van der Waals surface area contributed by atoms with Crippen LogP contribution in [0.3, 0.4) is 0 Å². The molecule has 1 heterocycles. The molecule has 0 aliphatic rings. The van der Waals surface area contributed by atoms with E-state index in [0.29, 0.717) is 9.04 Å². The van der Waals surface area contributed by atoms with Crippen LogP contribution in [0.2, 0.25) is 0 Å². The highest BCUT2D eigenvalue weighted by Gasteiger charge is 2.18. The molecule has 2 rings (SSSR count). The lowest BCUT2D eigenvalue weighted by atomic mass is 10.3. The molecule has 8 heteroatoms. The van der Waals surface area contributed by atoms with Gasteiger partial charge in [-0.3, -0.25) is 9.78 Å². The second-order valence-corrected chi connectivity index (χ2v) is 4.46. The number of hydrogen-bond donors (Lipinski definition) is 2. The molecule has 0 amide bonds. The van der Waals surface area contributed by atoms with Crippen molar-refractivity contribution in [3.63, 3.8) is 0 Å². The monoisotopic (exact) mass is 330 g/mol. The zero-order valence-corrected chi connectivity index (χ0v) is 11.2. The van der Waals surface area contributed by atoms with Crippen LogP contribution in [0.5, 0.6) is 11.6 Å². The molecule has 0 fully saturated rings. The number of halogens is 2. The summed E-state index contributed by atoms with van der Waals surface area (Å²) in [6.45, 7) is 0. The zero-order valence-electron chi connectivity index (χ0n) is 9.61. The Bertz CT molecular complexity index is 753. The highest BCUT2D eigenvalue weighted by Crippen LogP contribution is 2.28. The third-order valence-electron chi connectivity index (χ3n) is 2.41. The number of aromatic nitrogens is 2. The molecular weight excluding hydrogens is 323 g/mol. The van der Waals surface area contributed by atoms with Crippen molar-refractivity contribution in [1.82, 2.24) is 9.55 Å². The molecule has 19 heavy (non-hydrogen) atoms. The number of ether oxygens (including phenoxy) is 1. The molecule has 2 N–H and O–H groups in total. The standard InChI is InChI=1S/C11H8BrFN2O4/c1-19-7-3-2-5(12)4-6(7)15-10(17)8(13)9(16)14-11(15)18/h2-4,17H,1H3,(H,14,16,18). The molecule has 100 valence electrons. The number of rotatable bonds is 2. The highest BCUT2D eigenvalue weighted by molar-refractivity contribution is 9.10. The van der Waals surface area contributed by atoms with Gasteiger partial charge in [0.2, 0.25) is 11.7 Å². The second kappa shape index (κ2) is 4.88. The van der Waals surface area contributed by atoms with E-state index in [4.69, 9.17) is 4.74 Å². The summed E-state index contributed by atoms with van der Waals surface area (Å²) in [7, 11) is 1.36. The van der Waals surface area contributed by atoms with E-state index < -0.39 is 22.9 Å². The van der Waals surface area contributed by atoms with Gasteiger partial charge in [-0.2, -0.15) is 4.39 Å². The number of methoxy groups -OCH3 is 1. The van der Waals surface area contributed by atoms with Crippen LogP contribution in [-0.4, -0.2) is 21.8 Å². The summed E-state index contributed by atoms with van der Waals surface area (Å²) in [4.78, 5) is 24.5. The van der Waals surface area contributed by atoms with Gasteiger partial charge in [-0.05, 0) is 18.2 Å². The van der Waals surface area contributed by atoms with Gasteiger partial charge >= 0.3 is 5.69 Å². The van der Waals surface area contributed by atoms with E-state index in [9.17, 15) is 19.1 Å². The van der Waals surface area contributed by atoms with Gasteiger partial charge in [0.1, 0.15) is 5.75 Å². The molecule has 0 aliphatic heterocycles. The van der Waals surface area contributed by atoms with Crippen LogP contribution in [0.15, 0.2) is 32.3 Å². The Kier molecular flexibility index (Phi) is 3.43. The average Bonchev–Trinajstić information content (AvgIpc) is 2.36. The van der Waals surface area contributed by atoms with Crippen molar-refractivity contribution in [1.29, 1.82) is 0 Å². The first kappa shape index (κ1) is 13.3. The fourth-order valence-corrected chi connectivity index (χ4v) is 1.91. The van der Waals surface area contributed by atoms with Crippen molar-refractivity contribution in [2.75, 3.05) is 7.11 Å². The van der Waals surface area contributed by atoms with Crippen LogP contribution in [0.25, 0.3) is 5.69 Å². The molecule has 0 aliphatic carbocycles. The lowest BCUT2D eigenvalue weighted by molar-refractivity contribution is 0.377. The SMILES string of the molecule is COc1ccc(Br)cc1-n1c(O)c(F)c(=O)[nH]c1=O. The molecule has 1 aromatic carbocycles. The Labute approximate surface area is 114 Å². The first-order valence-corrected chi connectivity index (χ1v) is 5.82. The number of aromatic amines is 1. The quantitative estimate of drug-likeness (QED) is 0.864. The lowest BCUT2D eigenvalue weighted by Gasteiger charge is -2.12. The van der Waals surface area contributed by atoms with Crippen molar-refractivity contribution in [2.45, 2.75) is 0 Å². The predicted octanol–water partition coefficient (Wildman–Crippen LogP) is 1.14. The van der Waals surface area contributed by atoms with Crippen LogP contribution in [0.1, 0.15) is 0 Å². The zero-order chi connectivity index (χ0) is 14.2. The van der Waals surface area contributed by atoms with Crippen molar-refractivity contribution >= 4 is 15.9 Å². The van der Waals surface area contributed by atoms with E-state index in [-0.39, 0.29) is 11.4 Å². The predicted molar refractivity (Wildman–Crippen MR) is 68.5 cm³/mol. The molecule has 2 aromatic rings. The summed E-state index contributed by atoms with van der Waals surface area (Å²) in [6.07, 6.45) is 0. The largest absolute Gasteiger partial charge is 0.495 e. The number of nitrogens with zero attached hydrogens (tertiary/aromatic N) is 1. The number of hydrogen-bond acceptors (Lipinski definition) is 4. The first-order valence-electron chi connectivity index (χ1n) is 5.03. The molecule has 0 saturated heterocycles. The molecule has 0 spiro atoms. The molecule has 0 saturated carbocycles. The van der Waals surface area contributed by atoms with Crippen molar-refractivity contribution in [3.8, 4) is 17.3 Å². The van der Waals surface area contributed by atoms with Crippen LogP contribution < -0.4 is 16.0 Å². The van der Waals surface area contributed by atoms with Gasteiger partial charge in [0, 0.05) is 4.47 Å². The van der Waals surface area contributed by atoms with Gasteiger partial charge in [0.15, 0.2) is 0 Å². The fourth-order valence-electron chi connectivity index (χ4n) is 1.57. The van der Waals surface area contributed by atoms with Gasteiger partial charge in [-0.25, -0.2) is 9.36 Å². The van der Waals surface area contributed by atoms with Crippen LogP contribution in [-0.2, 0) is 0 Å². The lowest BCUT2D eigenvalue weighted by Crippen LogP contribution is -2.31. The fraction of sp³-hybridized carbons (Fsp3) is 0.0909. The first-order chi connectivity index (χ1) is 8.95. The minimum absolute atomic E-state index is 0.0922. The average molecular weight is 331 g/mol. The maximum Gasteiger partial charge on any atom is 0.336 e. The van der Waals surface area contributed by atoms with E-state index in [2.05, 4.69) is 15.9 Å². The normalized spacial score (nSPS) is 10.5. The Morgan fingerprint density at radius 3 is 2.74 bits per heavy atom. The van der Waals surface area contributed by atoms with E-state index in [1.165, 1.54) is 19.2 Å². The molecule has 0 atom stereocenters. The summed E-state index contributed by atoms with van der Waals surface area (Å²) in [6, 6.07) is 4.61. The third-order valence-corrected chi connectivity index (χ3v) is 2.91. The molecular formula is C11H8BrFN2O4. The summed E-state index contributed by atoms with van der Waals surface area (Å²) < 4.78 is 19.6. The number of benzene rings is 1.